The van der Waals surface area contributed by atoms with Crippen LogP contribution < -0.4 is 5.32 Å². The van der Waals surface area contributed by atoms with Gasteiger partial charge in [0.25, 0.3) is 5.91 Å². The zero-order chi connectivity index (χ0) is 22.6. The van der Waals surface area contributed by atoms with E-state index in [4.69, 9.17) is 4.74 Å². The predicted molar refractivity (Wildman–Crippen MR) is 108 cm³/mol. The van der Waals surface area contributed by atoms with Crippen molar-refractivity contribution in [1.29, 1.82) is 0 Å². The van der Waals surface area contributed by atoms with Gasteiger partial charge < -0.3 is 9.64 Å². The molecule has 0 spiro atoms. The highest BCUT2D eigenvalue weighted by Gasteiger charge is 2.32. The molecule has 0 unspecified atom stereocenters. The molecule has 8 nitrogen and oxygen atoms in total. The Morgan fingerprint density at radius 1 is 1.03 bits per heavy atom. The van der Waals surface area contributed by atoms with Crippen LogP contribution in [0.1, 0.15) is 17.3 Å². The summed E-state index contributed by atoms with van der Waals surface area (Å²) in [6.45, 7) is 2.11. The molecule has 1 N–H and O–H groups in total. The Morgan fingerprint density at radius 3 is 2.26 bits per heavy atom. The first kappa shape index (κ1) is 22.6. The van der Waals surface area contributed by atoms with Gasteiger partial charge in [-0.2, -0.15) is 4.31 Å². The molecule has 11 heteroatoms. The van der Waals surface area contributed by atoms with E-state index in [1.54, 1.807) is 31.2 Å². The summed E-state index contributed by atoms with van der Waals surface area (Å²) in [5.41, 5.74) is 0.836. The lowest BCUT2D eigenvalue weighted by Crippen LogP contribution is -2.50. The third-order valence-corrected chi connectivity index (χ3v) is 6.62. The Bertz CT molecular complexity index is 1070. The number of amides is 2. The number of rotatable bonds is 5. The summed E-state index contributed by atoms with van der Waals surface area (Å²) in [4.78, 5) is 25.0. The molecule has 1 fully saturated rings. The zero-order valence-electron chi connectivity index (χ0n) is 16.7. The van der Waals surface area contributed by atoms with Gasteiger partial charge in [-0.1, -0.05) is 0 Å². The van der Waals surface area contributed by atoms with Gasteiger partial charge in [0.2, 0.25) is 10.0 Å². The number of carbonyl (C=O) groups excluding carboxylic acids is 2. The van der Waals surface area contributed by atoms with Gasteiger partial charge in [0.15, 0.2) is 0 Å². The van der Waals surface area contributed by atoms with Crippen LogP contribution in [-0.2, 0) is 14.8 Å². The lowest BCUT2D eigenvalue weighted by Gasteiger charge is -2.34. The Morgan fingerprint density at radius 2 is 1.68 bits per heavy atom. The van der Waals surface area contributed by atoms with Crippen molar-refractivity contribution in [2.75, 3.05) is 38.1 Å². The molecule has 2 aromatic carbocycles. The number of anilines is 1. The Labute approximate surface area is 178 Å². The number of nitrogens with one attached hydrogen (secondary N) is 1. The summed E-state index contributed by atoms with van der Waals surface area (Å²) < 4.78 is 58.2. The van der Waals surface area contributed by atoms with Crippen molar-refractivity contribution >= 4 is 27.7 Å². The fourth-order valence-corrected chi connectivity index (χ4v) is 4.59. The molecule has 1 aliphatic heterocycles. The van der Waals surface area contributed by atoms with Crippen LogP contribution in [0.5, 0.6) is 0 Å². The Balaban J connectivity index is 1.62. The highest BCUT2D eigenvalue weighted by atomic mass is 32.2. The minimum Gasteiger partial charge on any atom is -0.450 e. The van der Waals surface area contributed by atoms with Crippen LogP contribution in [-0.4, -0.2) is 62.4 Å². The van der Waals surface area contributed by atoms with Crippen LogP contribution in [0.15, 0.2) is 47.4 Å². The molecule has 0 radical (unpaired) electrons. The molecule has 1 aliphatic rings. The molecule has 31 heavy (non-hydrogen) atoms. The van der Waals surface area contributed by atoms with E-state index in [0.717, 1.165) is 16.4 Å². The first-order valence-electron chi connectivity index (χ1n) is 9.50. The van der Waals surface area contributed by atoms with Crippen molar-refractivity contribution < 1.29 is 31.5 Å². The molecule has 1 heterocycles. The maximum Gasteiger partial charge on any atom is 0.411 e. The number of ether oxygens (including phenoxy) is 1. The average molecular weight is 453 g/mol. The van der Waals surface area contributed by atoms with E-state index >= 15 is 0 Å². The molecule has 0 aliphatic carbocycles. The maximum atomic E-state index is 13.9. The molecule has 2 amide bonds. The van der Waals surface area contributed by atoms with Crippen molar-refractivity contribution in [3.63, 3.8) is 0 Å². The van der Waals surface area contributed by atoms with Crippen LogP contribution in [0.25, 0.3) is 0 Å². The number of nitrogens with zero attached hydrogens (tertiary/aromatic N) is 2. The highest BCUT2D eigenvalue weighted by Crippen LogP contribution is 2.22. The number of hydrogen-bond acceptors (Lipinski definition) is 5. The van der Waals surface area contributed by atoms with Gasteiger partial charge in [0, 0.05) is 43.5 Å². The molecule has 0 saturated carbocycles. The molecule has 3 rings (SSSR count). The topological polar surface area (TPSA) is 96.0 Å². The van der Waals surface area contributed by atoms with E-state index in [2.05, 4.69) is 5.32 Å². The molecular formula is C20H21F2N3O5S. The molecule has 2 aromatic rings. The van der Waals surface area contributed by atoms with Crippen molar-refractivity contribution in [2.24, 2.45) is 0 Å². The van der Waals surface area contributed by atoms with E-state index in [1.165, 1.54) is 4.90 Å². The van der Waals surface area contributed by atoms with Crippen LogP contribution >= 0.6 is 0 Å². The lowest BCUT2D eigenvalue weighted by atomic mass is 10.1. The van der Waals surface area contributed by atoms with Gasteiger partial charge >= 0.3 is 6.09 Å². The molecule has 0 aromatic heterocycles. The fourth-order valence-electron chi connectivity index (χ4n) is 3.12. The van der Waals surface area contributed by atoms with Crippen LogP contribution in [0.3, 0.4) is 0 Å². The largest absolute Gasteiger partial charge is 0.450 e. The first-order chi connectivity index (χ1) is 14.7. The molecule has 1 saturated heterocycles. The van der Waals surface area contributed by atoms with Crippen molar-refractivity contribution in [2.45, 2.75) is 11.8 Å². The SMILES string of the molecule is CCOC(=O)Nc1ccc(C(=O)N2CCN(S(=O)(=O)c3ccc(F)cc3F)CC2)cc1. The summed E-state index contributed by atoms with van der Waals surface area (Å²) in [5.74, 6) is -2.32. The van der Waals surface area contributed by atoms with E-state index in [0.29, 0.717) is 17.3 Å². The molecule has 166 valence electrons. The lowest BCUT2D eigenvalue weighted by molar-refractivity contribution is 0.0697. The second-order valence-electron chi connectivity index (χ2n) is 6.69. The van der Waals surface area contributed by atoms with Gasteiger partial charge in [-0.05, 0) is 43.3 Å². The summed E-state index contributed by atoms with van der Waals surface area (Å²) in [6.07, 6.45) is -0.600. The zero-order valence-corrected chi connectivity index (χ0v) is 17.5. The van der Waals surface area contributed by atoms with Crippen molar-refractivity contribution in [1.82, 2.24) is 9.21 Å². The molecule has 0 bridgehead atoms. The Hall–Kier alpha value is -3.05. The van der Waals surface area contributed by atoms with E-state index in [-0.39, 0.29) is 38.7 Å². The van der Waals surface area contributed by atoms with Gasteiger partial charge in [-0.15, -0.1) is 0 Å². The minimum atomic E-state index is -4.14. The summed E-state index contributed by atoms with van der Waals surface area (Å²) >= 11 is 0. The minimum absolute atomic E-state index is 0.0204. The predicted octanol–water partition coefficient (Wildman–Crippen LogP) is 2.68. The quantitative estimate of drug-likeness (QED) is 0.751. The number of carbonyl (C=O) groups is 2. The summed E-state index contributed by atoms with van der Waals surface area (Å²) in [5, 5.41) is 2.52. The number of benzene rings is 2. The van der Waals surface area contributed by atoms with Gasteiger partial charge in [0.1, 0.15) is 16.5 Å². The smallest absolute Gasteiger partial charge is 0.411 e. The number of piperazine rings is 1. The van der Waals surface area contributed by atoms with Crippen LogP contribution in [0.4, 0.5) is 19.3 Å². The standard InChI is InChI=1S/C20H21F2N3O5S/c1-2-30-20(27)23-16-6-3-14(4-7-16)19(26)24-9-11-25(12-10-24)31(28,29)18-8-5-15(21)13-17(18)22/h3-8,13H,2,9-12H2,1H3,(H,23,27). The second-order valence-corrected chi connectivity index (χ2v) is 8.60. The van der Waals surface area contributed by atoms with E-state index in [1.807, 2.05) is 0 Å². The van der Waals surface area contributed by atoms with Crippen LogP contribution in [0, 0.1) is 11.6 Å². The summed E-state index contributed by atoms with van der Waals surface area (Å²) in [7, 11) is -4.14. The monoisotopic (exact) mass is 453 g/mol. The number of hydrogen-bond donors (Lipinski definition) is 1. The first-order valence-corrected chi connectivity index (χ1v) is 10.9. The normalized spacial score (nSPS) is 14.9. The van der Waals surface area contributed by atoms with Crippen molar-refractivity contribution in [3.8, 4) is 0 Å². The van der Waals surface area contributed by atoms with Crippen LogP contribution in [0.2, 0.25) is 0 Å². The van der Waals surface area contributed by atoms with E-state index < -0.39 is 32.6 Å². The maximum absolute atomic E-state index is 13.9. The van der Waals surface area contributed by atoms with Gasteiger partial charge in [-0.3, -0.25) is 10.1 Å². The highest BCUT2D eigenvalue weighted by molar-refractivity contribution is 7.89. The third-order valence-electron chi connectivity index (χ3n) is 4.69. The number of halogens is 2. The van der Waals surface area contributed by atoms with Gasteiger partial charge in [0.05, 0.1) is 6.61 Å². The molecule has 0 atom stereocenters. The van der Waals surface area contributed by atoms with Gasteiger partial charge in [-0.25, -0.2) is 22.0 Å². The van der Waals surface area contributed by atoms with E-state index in [9.17, 15) is 26.8 Å². The summed E-state index contributed by atoms with van der Waals surface area (Å²) in [6, 6.07) is 8.50. The fraction of sp³-hybridized carbons (Fsp3) is 0.300. The Kier molecular flexibility index (Phi) is 6.86. The second kappa shape index (κ2) is 9.40. The van der Waals surface area contributed by atoms with Crippen molar-refractivity contribution in [3.05, 3.63) is 59.7 Å². The number of sulfonamides is 1. The molecular weight excluding hydrogens is 432 g/mol. The average Bonchev–Trinajstić information content (AvgIpc) is 2.74. The third kappa shape index (κ3) is 5.17.